The van der Waals surface area contributed by atoms with Crippen LogP contribution in [0.4, 0.5) is 5.69 Å². The Morgan fingerprint density at radius 3 is 2.35 bits per heavy atom. The Morgan fingerprint density at radius 2 is 1.74 bits per heavy atom. The van der Waals surface area contributed by atoms with Gasteiger partial charge in [0.05, 0.1) is 0 Å². The van der Waals surface area contributed by atoms with Crippen molar-refractivity contribution >= 4 is 28.9 Å². The summed E-state index contributed by atoms with van der Waals surface area (Å²) in [5, 5.41) is 3.78. The van der Waals surface area contributed by atoms with Crippen LogP contribution in [0.1, 0.15) is 25.5 Å². The van der Waals surface area contributed by atoms with Gasteiger partial charge in [-0.2, -0.15) is 0 Å². The zero-order valence-electron chi connectivity index (χ0n) is 12.8. The minimum absolute atomic E-state index is 0.342. The van der Waals surface area contributed by atoms with E-state index < -0.39 is 11.6 Å². The number of anilines is 1. The first kappa shape index (κ1) is 15.6. The minimum Gasteiger partial charge on any atom is -0.469 e. The largest absolute Gasteiger partial charge is 0.469 e. The van der Waals surface area contributed by atoms with Gasteiger partial charge in [-0.25, -0.2) is 0 Å². The van der Waals surface area contributed by atoms with Crippen molar-refractivity contribution in [1.29, 1.82) is 0 Å². The molecule has 4 nitrogen and oxygen atoms in total. The number of Topliss-reactive ketones (excluding diaryl/α,β-unsaturated/α-hetero) is 2. The van der Waals surface area contributed by atoms with Crippen LogP contribution in [-0.4, -0.2) is 17.2 Å². The Balaban J connectivity index is 2.14. The molecule has 0 saturated carbocycles. The normalized spacial score (nSPS) is 18.0. The van der Waals surface area contributed by atoms with E-state index in [-0.39, 0.29) is 11.6 Å². The van der Waals surface area contributed by atoms with E-state index in [1.165, 1.54) is 13.8 Å². The van der Waals surface area contributed by atoms with Gasteiger partial charge in [-0.15, -0.1) is 0 Å². The lowest BCUT2D eigenvalue weighted by Gasteiger charge is -2.30. The summed E-state index contributed by atoms with van der Waals surface area (Å²) in [5.41, 5.74) is -0.0874. The predicted octanol–water partition coefficient (Wildman–Crippen LogP) is 3.80. The fraction of sp³-hybridized carbons (Fsp3) is 0.222. The Labute approximate surface area is 139 Å². The van der Waals surface area contributed by atoms with Crippen molar-refractivity contribution in [3.63, 3.8) is 0 Å². The van der Waals surface area contributed by atoms with Crippen molar-refractivity contribution < 1.29 is 14.3 Å². The summed E-state index contributed by atoms with van der Waals surface area (Å²) in [7, 11) is 0. The molecule has 0 bridgehead atoms. The Hall–Kier alpha value is -2.33. The third-order valence-corrected chi connectivity index (χ3v) is 4.33. The molecule has 1 N–H and O–H groups in total. The number of benzene rings is 2. The van der Waals surface area contributed by atoms with E-state index in [0.717, 1.165) is 5.69 Å². The molecular formula is C18H16ClNO3. The molecule has 0 saturated heterocycles. The third kappa shape index (κ3) is 2.49. The van der Waals surface area contributed by atoms with Crippen LogP contribution in [0.25, 0.3) is 0 Å². The number of halogens is 1. The number of hydrogen-bond acceptors (Lipinski definition) is 4. The van der Waals surface area contributed by atoms with E-state index in [0.29, 0.717) is 16.3 Å². The van der Waals surface area contributed by atoms with E-state index in [1.54, 1.807) is 18.2 Å². The molecule has 5 heteroatoms. The summed E-state index contributed by atoms with van der Waals surface area (Å²) >= 11 is 6.09. The number of ketones is 2. The van der Waals surface area contributed by atoms with E-state index in [9.17, 15) is 9.59 Å². The van der Waals surface area contributed by atoms with E-state index >= 15 is 0 Å². The molecule has 1 unspecified atom stereocenters. The van der Waals surface area contributed by atoms with Gasteiger partial charge in [-0.1, -0.05) is 29.8 Å². The number of carbonyl (C=O) groups excluding carboxylic acids is 2. The third-order valence-electron chi connectivity index (χ3n) is 4.09. The number of rotatable bonds is 4. The van der Waals surface area contributed by atoms with Crippen LogP contribution in [-0.2, 0) is 9.59 Å². The Morgan fingerprint density at radius 1 is 1.09 bits per heavy atom. The van der Waals surface area contributed by atoms with Gasteiger partial charge < -0.3 is 10.1 Å². The van der Waals surface area contributed by atoms with Crippen molar-refractivity contribution in [1.82, 2.24) is 0 Å². The first-order valence-electron chi connectivity index (χ1n) is 7.27. The number of carbonyl (C=O) groups is 2. The van der Waals surface area contributed by atoms with E-state index in [1.807, 2.05) is 30.3 Å². The lowest BCUT2D eigenvalue weighted by Crippen LogP contribution is -2.53. The van der Waals surface area contributed by atoms with Gasteiger partial charge in [0.1, 0.15) is 11.8 Å². The van der Waals surface area contributed by atoms with Gasteiger partial charge in [-0.05, 0) is 44.2 Å². The SMILES string of the molecule is CC(=O)C1(C(C)=O)Oc2ccc(Cl)cc2C1Nc1ccccc1. The first-order chi connectivity index (χ1) is 10.9. The second kappa shape index (κ2) is 5.70. The summed E-state index contributed by atoms with van der Waals surface area (Å²) in [5.74, 6) is -0.190. The molecule has 3 rings (SSSR count). The van der Waals surface area contributed by atoms with Crippen molar-refractivity contribution in [2.24, 2.45) is 0 Å². The Kier molecular flexibility index (Phi) is 3.86. The number of hydrogen-bond donors (Lipinski definition) is 1. The standard InChI is InChI=1S/C18H16ClNO3/c1-11(21)18(12(2)22)17(20-14-6-4-3-5-7-14)15-10-13(19)8-9-16(15)23-18/h3-10,17,20H,1-2H3. The molecule has 0 spiro atoms. The highest BCUT2D eigenvalue weighted by molar-refractivity contribution is 6.30. The average molecular weight is 330 g/mol. The molecule has 1 aliphatic heterocycles. The maximum atomic E-state index is 12.3. The van der Waals surface area contributed by atoms with Gasteiger partial charge in [-0.3, -0.25) is 9.59 Å². The van der Waals surface area contributed by atoms with Crippen LogP contribution in [0.15, 0.2) is 48.5 Å². The molecule has 1 heterocycles. The van der Waals surface area contributed by atoms with Gasteiger partial charge in [0.2, 0.25) is 5.60 Å². The van der Waals surface area contributed by atoms with Gasteiger partial charge in [0, 0.05) is 16.3 Å². The highest BCUT2D eigenvalue weighted by atomic mass is 35.5. The molecule has 2 aromatic carbocycles. The van der Waals surface area contributed by atoms with Gasteiger partial charge in [0.25, 0.3) is 0 Å². The lowest BCUT2D eigenvalue weighted by atomic mass is 9.84. The van der Waals surface area contributed by atoms with Gasteiger partial charge in [0.15, 0.2) is 11.6 Å². The molecule has 0 fully saturated rings. The smallest absolute Gasteiger partial charge is 0.247 e. The van der Waals surface area contributed by atoms with Crippen molar-refractivity contribution in [3.8, 4) is 5.75 Å². The molecule has 0 aromatic heterocycles. The minimum atomic E-state index is -1.58. The first-order valence-corrected chi connectivity index (χ1v) is 7.65. The molecule has 0 amide bonds. The molecule has 1 aliphatic rings. The summed E-state index contributed by atoms with van der Waals surface area (Å²) in [6, 6.07) is 13.8. The zero-order valence-corrected chi connectivity index (χ0v) is 13.6. The Bertz CT molecular complexity index is 759. The predicted molar refractivity (Wildman–Crippen MR) is 89.0 cm³/mol. The van der Waals surface area contributed by atoms with E-state index in [4.69, 9.17) is 16.3 Å². The molecule has 23 heavy (non-hydrogen) atoms. The second-order valence-electron chi connectivity index (χ2n) is 5.58. The highest BCUT2D eigenvalue weighted by Crippen LogP contribution is 2.47. The fourth-order valence-electron chi connectivity index (χ4n) is 2.97. The van der Waals surface area contributed by atoms with Crippen LogP contribution in [0.2, 0.25) is 5.02 Å². The maximum absolute atomic E-state index is 12.3. The molecule has 0 aliphatic carbocycles. The summed E-state index contributed by atoms with van der Waals surface area (Å²) in [4.78, 5) is 24.7. The summed E-state index contributed by atoms with van der Waals surface area (Å²) < 4.78 is 5.84. The fourth-order valence-corrected chi connectivity index (χ4v) is 3.15. The number of ether oxygens (including phenoxy) is 1. The number of nitrogens with one attached hydrogen (secondary N) is 1. The highest BCUT2D eigenvalue weighted by Gasteiger charge is 2.56. The van der Waals surface area contributed by atoms with Crippen molar-refractivity contribution in [2.45, 2.75) is 25.5 Å². The van der Waals surface area contributed by atoms with Crippen molar-refractivity contribution in [2.75, 3.05) is 5.32 Å². The lowest BCUT2D eigenvalue weighted by molar-refractivity contribution is -0.144. The van der Waals surface area contributed by atoms with Gasteiger partial charge >= 0.3 is 0 Å². The quantitative estimate of drug-likeness (QED) is 0.867. The van der Waals surface area contributed by atoms with Crippen LogP contribution >= 0.6 is 11.6 Å². The topological polar surface area (TPSA) is 55.4 Å². The van der Waals surface area contributed by atoms with Crippen LogP contribution in [0, 0.1) is 0 Å². The molecular weight excluding hydrogens is 314 g/mol. The maximum Gasteiger partial charge on any atom is 0.247 e. The monoisotopic (exact) mass is 329 g/mol. The molecule has 118 valence electrons. The molecule has 2 aromatic rings. The second-order valence-corrected chi connectivity index (χ2v) is 6.01. The number of fused-ring (bicyclic) bond motifs is 1. The zero-order chi connectivity index (χ0) is 16.6. The van der Waals surface area contributed by atoms with Crippen LogP contribution in [0.5, 0.6) is 5.75 Å². The number of para-hydroxylation sites is 1. The van der Waals surface area contributed by atoms with Crippen LogP contribution in [0.3, 0.4) is 0 Å². The van der Waals surface area contributed by atoms with Crippen molar-refractivity contribution in [3.05, 3.63) is 59.1 Å². The molecule has 1 atom stereocenters. The van der Waals surface area contributed by atoms with E-state index in [2.05, 4.69) is 5.32 Å². The molecule has 0 radical (unpaired) electrons. The average Bonchev–Trinajstić information content (AvgIpc) is 2.84. The summed E-state index contributed by atoms with van der Waals surface area (Å²) in [6.07, 6.45) is 0. The summed E-state index contributed by atoms with van der Waals surface area (Å²) in [6.45, 7) is 2.74. The van der Waals surface area contributed by atoms with Crippen LogP contribution < -0.4 is 10.1 Å².